The van der Waals surface area contributed by atoms with Crippen molar-refractivity contribution >= 4 is 0 Å². The summed E-state index contributed by atoms with van der Waals surface area (Å²) in [6.07, 6.45) is 3.54. The number of nitrogens with two attached hydrogens (primary N) is 1. The second-order valence-corrected chi connectivity index (χ2v) is 7.66. The van der Waals surface area contributed by atoms with Crippen molar-refractivity contribution in [2.45, 2.75) is 59.1 Å². The lowest BCUT2D eigenvalue weighted by atomic mass is 9.70. The van der Waals surface area contributed by atoms with E-state index in [9.17, 15) is 4.39 Å². The van der Waals surface area contributed by atoms with Crippen molar-refractivity contribution < 1.29 is 9.13 Å². The zero-order valence-electron chi connectivity index (χ0n) is 13.4. The van der Waals surface area contributed by atoms with Crippen LogP contribution in [0.25, 0.3) is 0 Å². The average Bonchev–Trinajstić information content (AvgIpc) is 2.73. The van der Waals surface area contributed by atoms with Gasteiger partial charge >= 0.3 is 0 Å². The molecule has 116 valence electrons. The van der Waals surface area contributed by atoms with E-state index < -0.39 is 0 Å². The predicted octanol–water partition coefficient (Wildman–Crippen LogP) is 4.44. The molecule has 4 atom stereocenters. The monoisotopic (exact) mass is 291 g/mol. The molecule has 2 saturated carbocycles. The minimum Gasteiger partial charge on any atom is -0.486 e. The molecule has 2 aliphatic carbocycles. The standard InChI is InChI=1S/C18H26FNO/c1-11(20)13-6-5-7-14(19)16(13)21-15-10-12-8-9-18(15,4)17(12,2)3/h5-7,11-12,15H,8-10,20H2,1-4H3/t11-,12?,15?,18?/m0/s1. The van der Waals surface area contributed by atoms with Gasteiger partial charge in [-0.25, -0.2) is 4.39 Å². The Morgan fingerprint density at radius 1 is 1.33 bits per heavy atom. The maximum atomic E-state index is 14.2. The molecule has 2 N–H and O–H groups in total. The summed E-state index contributed by atoms with van der Waals surface area (Å²) in [4.78, 5) is 0. The minimum atomic E-state index is -0.297. The molecule has 3 unspecified atom stereocenters. The number of hydrogen-bond donors (Lipinski definition) is 1. The van der Waals surface area contributed by atoms with Crippen LogP contribution in [0.15, 0.2) is 18.2 Å². The summed E-state index contributed by atoms with van der Waals surface area (Å²) in [5, 5.41) is 0. The molecular formula is C18H26FNO. The van der Waals surface area contributed by atoms with E-state index in [1.807, 2.05) is 13.0 Å². The van der Waals surface area contributed by atoms with Gasteiger partial charge in [-0.05, 0) is 43.6 Å². The van der Waals surface area contributed by atoms with Crippen molar-refractivity contribution in [1.29, 1.82) is 0 Å². The Hall–Kier alpha value is -1.09. The first-order chi connectivity index (χ1) is 9.77. The highest BCUT2D eigenvalue weighted by Crippen LogP contribution is 2.66. The van der Waals surface area contributed by atoms with E-state index >= 15 is 0 Å². The lowest BCUT2D eigenvalue weighted by Crippen LogP contribution is -2.39. The summed E-state index contributed by atoms with van der Waals surface area (Å²) in [6.45, 7) is 8.84. The molecule has 0 aliphatic heterocycles. The second kappa shape index (κ2) is 4.70. The Kier molecular flexibility index (Phi) is 3.32. The highest BCUT2D eigenvalue weighted by atomic mass is 19.1. The Morgan fingerprint density at radius 2 is 2.05 bits per heavy atom. The van der Waals surface area contributed by atoms with E-state index in [1.165, 1.54) is 12.5 Å². The minimum absolute atomic E-state index is 0.0839. The Labute approximate surface area is 126 Å². The van der Waals surface area contributed by atoms with Crippen molar-refractivity contribution in [2.24, 2.45) is 22.5 Å². The van der Waals surface area contributed by atoms with Gasteiger partial charge in [0.1, 0.15) is 6.10 Å². The van der Waals surface area contributed by atoms with Crippen molar-refractivity contribution in [3.8, 4) is 5.75 Å². The highest BCUT2D eigenvalue weighted by Gasteiger charge is 2.62. The molecule has 2 bridgehead atoms. The van der Waals surface area contributed by atoms with Crippen LogP contribution in [0.1, 0.15) is 58.6 Å². The van der Waals surface area contributed by atoms with Gasteiger partial charge in [0.15, 0.2) is 11.6 Å². The molecule has 2 fully saturated rings. The Bertz CT molecular complexity index is 554. The van der Waals surface area contributed by atoms with Gasteiger partial charge in [0.25, 0.3) is 0 Å². The normalized spacial score (nSPS) is 35.0. The van der Waals surface area contributed by atoms with Crippen molar-refractivity contribution in [3.63, 3.8) is 0 Å². The lowest BCUT2D eigenvalue weighted by molar-refractivity contribution is 0.0270. The molecule has 3 rings (SSSR count). The van der Waals surface area contributed by atoms with Gasteiger partial charge in [-0.2, -0.15) is 0 Å². The maximum absolute atomic E-state index is 14.2. The third-order valence-corrected chi connectivity index (χ3v) is 6.46. The van der Waals surface area contributed by atoms with E-state index in [0.29, 0.717) is 11.7 Å². The number of halogens is 1. The third kappa shape index (κ3) is 2.01. The average molecular weight is 291 g/mol. The number of rotatable bonds is 3. The van der Waals surface area contributed by atoms with Crippen LogP contribution >= 0.6 is 0 Å². The second-order valence-electron chi connectivity index (χ2n) is 7.66. The smallest absolute Gasteiger partial charge is 0.165 e. The molecule has 2 nitrogen and oxygen atoms in total. The first kappa shape index (κ1) is 14.8. The van der Waals surface area contributed by atoms with Crippen LogP contribution in [0.2, 0.25) is 0 Å². The van der Waals surface area contributed by atoms with E-state index in [4.69, 9.17) is 10.5 Å². The molecule has 21 heavy (non-hydrogen) atoms. The molecule has 0 spiro atoms. The van der Waals surface area contributed by atoms with Crippen LogP contribution < -0.4 is 10.5 Å². The summed E-state index contributed by atoms with van der Waals surface area (Å²) >= 11 is 0. The van der Waals surface area contributed by atoms with Gasteiger partial charge in [0.05, 0.1) is 0 Å². The van der Waals surface area contributed by atoms with Crippen molar-refractivity contribution in [1.82, 2.24) is 0 Å². The molecule has 2 aliphatic rings. The first-order valence-electron chi connectivity index (χ1n) is 7.98. The highest BCUT2D eigenvalue weighted by molar-refractivity contribution is 5.37. The fourth-order valence-corrected chi connectivity index (χ4v) is 4.46. The number of para-hydroxylation sites is 1. The van der Waals surface area contributed by atoms with Crippen molar-refractivity contribution in [3.05, 3.63) is 29.6 Å². The van der Waals surface area contributed by atoms with Gasteiger partial charge in [-0.1, -0.05) is 32.9 Å². The molecule has 0 aromatic heterocycles. The SMILES string of the molecule is C[C@H](N)c1cccc(F)c1OC1CC2CCC1(C)C2(C)C. The van der Waals surface area contributed by atoms with Gasteiger partial charge < -0.3 is 10.5 Å². The summed E-state index contributed by atoms with van der Waals surface area (Å²) < 4.78 is 20.5. The largest absolute Gasteiger partial charge is 0.486 e. The van der Waals surface area contributed by atoms with Crippen LogP contribution in [0.3, 0.4) is 0 Å². The third-order valence-electron chi connectivity index (χ3n) is 6.46. The summed E-state index contributed by atoms with van der Waals surface area (Å²) in [5.74, 6) is 0.745. The molecule has 1 aromatic rings. The van der Waals surface area contributed by atoms with Crippen LogP contribution in [-0.2, 0) is 0 Å². The number of ether oxygens (including phenoxy) is 1. The fraction of sp³-hybridized carbons (Fsp3) is 0.667. The Morgan fingerprint density at radius 3 is 2.57 bits per heavy atom. The fourth-order valence-electron chi connectivity index (χ4n) is 4.46. The quantitative estimate of drug-likeness (QED) is 0.893. The summed E-state index contributed by atoms with van der Waals surface area (Å²) in [6, 6.07) is 4.80. The number of benzene rings is 1. The zero-order chi connectivity index (χ0) is 15.4. The van der Waals surface area contributed by atoms with Crippen LogP contribution in [0.4, 0.5) is 4.39 Å². The van der Waals surface area contributed by atoms with Gasteiger partial charge in [0.2, 0.25) is 0 Å². The first-order valence-corrected chi connectivity index (χ1v) is 7.98. The van der Waals surface area contributed by atoms with Crippen LogP contribution in [0.5, 0.6) is 5.75 Å². The molecule has 3 heteroatoms. The Balaban J connectivity index is 1.93. The molecule has 0 radical (unpaired) electrons. The molecule has 1 aromatic carbocycles. The molecular weight excluding hydrogens is 265 g/mol. The van der Waals surface area contributed by atoms with Gasteiger partial charge in [0, 0.05) is 17.0 Å². The van der Waals surface area contributed by atoms with Crippen molar-refractivity contribution in [2.75, 3.05) is 0 Å². The van der Waals surface area contributed by atoms with E-state index in [0.717, 1.165) is 18.4 Å². The number of fused-ring (bicyclic) bond motifs is 2. The lowest BCUT2D eigenvalue weighted by Gasteiger charge is -2.39. The van der Waals surface area contributed by atoms with Gasteiger partial charge in [-0.15, -0.1) is 0 Å². The van der Waals surface area contributed by atoms with E-state index in [1.54, 1.807) is 6.07 Å². The summed E-state index contributed by atoms with van der Waals surface area (Å²) in [7, 11) is 0. The van der Waals surface area contributed by atoms with Crippen LogP contribution in [-0.4, -0.2) is 6.10 Å². The molecule has 0 amide bonds. The maximum Gasteiger partial charge on any atom is 0.165 e. The predicted molar refractivity (Wildman–Crippen MR) is 82.6 cm³/mol. The molecule has 0 heterocycles. The number of hydrogen-bond acceptors (Lipinski definition) is 2. The topological polar surface area (TPSA) is 35.2 Å². The van der Waals surface area contributed by atoms with E-state index in [2.05, 4.69) is 20.8 Å². The van der Waals surface area contributed by atoms with Gasteiger partial charge in [-0.3, -0.25) is 0 Å². The van der Waals surface area contributed by atoms with Crippen LogP contribution in [0, 0.1) is 22.6 Å². The summed E-state index contributed by atoms with van der Waals surface area (Å²) in [5.41, 5.74) is 7.12. The zero-order valence-corrected chi connectivity index (χ0v) is 13.4. The van der Waals surface area contributed by atoms with E-state index in [-0.39, 0.29) is 28.8 Å². The molecule has 0 saturated heterocycles.